The standard InChI is InChI=1S/C8H12FNO/c1-5-6(8(2,3)4)10-11-7(5)9/h1-4H3. The summed E-state index contributed by atoms with van der Waals surface area (Å²) in [7, 11) is 0. The first-order valence-corrected chi connectivity index (χ1v) is 3.55. The molecule has 0 amide bonds. The number of hydrogen-bond acceptors (Lipinski definition) is 2. The second-order valence-corrected chi connectivity index (χ2v) is 3.68. The van der Waals surface area contributed by atoms with Gasteiger partial charge in [0, 0.05) is 11.0 Å². The average Bonchev–Trinajstić information content (AvgIpc) is 2.11. The Hall–Kier alpha value is -0.860. The second kappa shape index (κ2) is 2.32. The highest BCUT2D eigenvalue weighted by Crippen LogP contribution is 2.25. The van der Waals surface area contributed by atoms with Crippen molar-refractivity contribution in [1.29, 1.82) is 0 Å². The monoisotopic (exact) mass is 157 g/mol. The molecule has 3 heteroatoms. The maximum atomic E-state index is 12.6. The minimum atomic E-state index is -0.574. The highest BCUT2D eigenvalue weighted by Gasteiger charge is 2.23. The topological polar surface area (TPSA) is 26.0 Å². The van der Waals surface area contributed by atoms with Crippen LogP contribution in [0.15, 0.2) is 4.52 Å². The largest absolute Gasteiger partial charge is 0.325 e. The lowest BCUT2D eigenvalue weighted by Gasteiger charge is -2.14. The molecule has 0 radical (unpaired) electrons. The maximum absolute atomic E-state index is 12.6. The lowest BCUT2D eigenvalue weighted by Crippen LogP contribution is -2.13. The summed E-state index contributed by atoms with van der Waals surface area (Å²) in [6.07, 6.45) is 0. The predicted octanol–water partition coefficient (Wildman–Crippen LogP) is 2.42. The van der Waals surface area contributed by atoms with E-state index in [1.54, 1.807) is 6.92 Å². The molecule has 0 aliphatic rings. The lowest BCUT2D eigenvalue weighted by atomic mass is 9.90. The van der Waals surface area contributed by atoms with Crippen molar-refractivity contribution in [3.8, 4) is 0 Å². The van der Waals surface area contributed by atoms with Crippen LogP contribution in [-0.4, -0.2) is 5.16 Å². The highest BCUT2D eigenvalue weighted by molar-refractivity contribution is 5.21. The van der Waals surface area contributed by atoms with Gasteiger partial charge in [-0.3, -0.25) is 0 Å². The Balaban J connectivity index is 3.15. The minimum absolute atomic E-state index is 0.141. The Morgan fingerprint density at radius 1 is 1.36 bits per heavy atom. The van der Waals surface area contributed by atoms with Crippen LogP contribution < -0.4 is 0 Å². The molecule has 0 bridgehead atoms. The molecule has 1 aromatic rings. The fourth-order valence-corrected chi connectivity index (χ4v) is 1.02. The maximum Gasteiger partial charge on any atom is 0.309 e. The van der Waals surface area contributed by atoms with Crippen molar-refractivity contribution in [3.63, 3.8) is 0 Å². The van der Waals surface area contributed by atoms with Crippen LogP contribution in [0.5, 0.6) is 0 Å². The van der Waals surface area contributed by atoms with Gasteiger partial charge in [-0.1, -0.05) is 25.9 Å². The molecule has 62 valence electrons. The Kier molecular flexibility index (Phi) is 1.74. The zero-order valence-electron chi connectivity index (χ0n) is 7.23. The molecule has 1 rings (SSSR count). The van der Waals surface area contributed by atoms with Crippen molar-refractivity contribution in [2.45, 2.75) is 33.1 Å². The number of halogens is 1. The van der Waals surface area contributed by atoms with Gasteiger partial charge in [0.2, 0.25) is 0 Å². The van der Waals surface area contributed by atoms with E-state index >= 15 is 0 Å². The molecule has 1 aromatic heterocycles. The number of aromatic nitrogens is 1. The third-order valence-corrected chi connectivity index (χ3v) is 1.58. The molecule has 0 atom stereocenters. The van der Waals surface area contributed by atoms with E-state index in [-0.39, 0.29) is 5.41 Å². The smallest absolute Gasteiger partial charge is 0.309 e. The lowest BCUT2D eigenvalue weighted by molar-refractivity contribution is 0.274. The fourth-order valence-electron chi connectivity index (χ4n) is 1.02. The first-order chi connectivity index (χ1) is 4.93. The van der Waals surface area contributed by atoms with Gasteiger partial charge in [0.25, 0.3) is 0 Å². The molecule has 0 aliphatic carbocycles. The third-order valence-electron chi connectivity index (χ3n) is 1.58. The van der Waals surface area contributed by atoms with Crippen LogP contribution in [0.25, 0.3) is 0 Å². The van der Waals surface area contributed by atoms with Crippen molar-refractivity contribution in [2.75, 3.05) is 0 Å². The first kappa shape index (κ1) is 8.24. The van der Waals surface area contributed by atoms with Crippen LogP contribution >= 0.6 is 0 Å². The van der Waals surface area contributed by atoms with Crippen LogP contribution in [0.3, 0.4) is 0 Å². The minimum Gasteiger partial charge on any atom is -0.325 e. The summed E-state index contributed by atoms with van der Waals surface area (Å²) in [5, 5.41) is 3.64. The summed E-state index contributed by atoms with van der Waals surface area (Å²) in [5.74, 6) is 0. The van der Waals surface area contributed by atoms with E-state index in [4.69, 9.17) is 0 Å². The number of nitrogens with zero attached hydrogens (tertiary/aromatic N) is 1. The fraction of sp³-hybridized carbons (Fsp3) is 0.625. The van der Waals surface area contributed by atoms with E-state index in [1.165, 1.54) is 0 Å². The van der Waals surface area contributed by atoms with Gasteiger partial charge >= 0.3 is 6.01 Å². The molecule has 11 heavy (non-hydrogen) atoms. The molecular formula is C8H12FNO. The van der Waals surface area contributed by atoms with Crippen LogP contribution in [0.2, 0.25) is 0 Å². The van der Waals surface area contributed by atoms with Gasteiger partial charge in [-0.2, -0.15) is 4.39 Å². The van der Waals surface area contributed by atoms with Crippen molar-refractivity contribution in [1.82, 2.24) is 5.16 Å². The SMILES string of the molecule is Cc1c(C(C)(C)C)noc1F. The Morgan fingerprint density at radius 3 is 2.09 bits per heavy atom. The number of rotatable bonds is 0. The number of hydrogen-bond donors (Lipinski definition) is 0. The molecule has 0 saturated carbocycles. The summed E-state index contributed by atoms with van der Waals surface area (Å²) in [6.45, 7) is 7.58. The molecule has 0 aliphatic heterocycles. The predicted molar refractivity (Wildman–Crippen MR) is 39.9 cm³/mol. The molecule has 1 heterocycles. The molecule has 0 aromatic carbocycles. The van der Waals surface area contributed by atoms with Gasteiger partial charge in [0.1, 0.15) is 0 Å². The zero-order chi connectivity index (χ0) is 8.65. The van der Waals surface area contributed by atoms with Crippen molar-refractivity contribution < 1.29 is 8.91 Å². The molecule has 0 unspecified atom stereocenters. The summed E-state index contributed by atoms with van der Waals surface area (Å²) in [6, 6.07) is -0.574. The second-order valence-electron chi connectivity index (χ2n) is 3.68. The molecule has 0 saturated heterocycles. The summed E-state index contributed by atoms with van der Waals surface area (Å²) < 4.78 is 17.0. The van der Waals surface area contributed by atoms with Gasteiger partial charge in [0.05, 0.1) is 5.69 Å². The van der Waals surface area contributed by atoms with Crippen LogP contribution in [0.1, 0.15) is 32.0 Å². The van der Waals surface area contributed by atoms with Crippen molar-refractivity contribution >= 4 is 0 Å². The van der Waals surface area contributed by atoms with E-state index < -0.39 is 6.01 Å². The van der Waals surface area contributed by atoms with E-state index in [9.17, 15) is 4.39 Å². The molecule has 2 nitrogen and oxygen atoms in total. The van der Waals surface area contributed by atoms with E-state index in [1.807, 2.05) is 20.8 Å². The highest BCUT2D eigenvalue weighted by atomic mass is 19.1. The van der Waals surface area contributed by atoms with Crippen LogP contribution in [-0.2, 0) is 5.41 Å². The van der Waals surface area contributed by atoms with Crippen LogP contribution in [0.4, 0.5) is 4.39 Å². The van der Waals surface area contributed by atoms with E-state index in [2.05, 4.69) is 9.68 Å². The quantitative estimate of drug-likeness (QED) is 0.578. The van der Waals surface area contributed by atoms with E-state index in [0.717, 1.165) is 0 Å². The van der Waals surface area contributed by atoms with Gasteiger partial charge in [0.15, 0.2) is 0 Å². The molecule has 0 fully saturated rings. The molecular weight excluding hydrogens is 145 g/mol. The van der Waals surface area contributed by atoms with Crippen LogP contribution in [0, 0.1) is 12.9 Å². The normalized spacial score (nSPS) is 12.1. The van der Waals surface area contributed by atoms with Gasteiger partial charge in [-0.05, 0) is 6.92 Å². The van der Waals surface area contributed by atoms with Gasteiger partial charge < -0.3 is 4.52 Å². The Labute approximate surface area is 65.4 Å². The molecule has 0 spiro atoms. The summed E-state index contributed by atoms with van der Waals surface area (Å²) in [4.78, 5) is 0. The summed E-state index contributed by atoms with van der Waals surface area (Å²) in [5.41, 5.74) is 1.06. The average molecular weight is 157 g/mol. The zero-order valence-corrected chi connectivity index (χ0v) is 7.23. The summed E-state index contributed by atoms with van der Waals surface area (Å²) >= 11 is 0. The van der Waals surface area contributed by atoms with Gasteiger partial charge in [-0.25, -0.2) is 0 Å². The Morgan fingerprint density at radius 2 is 1.91 bits per heavy atom. The Bertz CT molecular complexity index is 260. The third kappa shape index (κ3) is 1.42. The van der Waals surface area contributed by atoms with Crippen molar-refractivity contribution in [3.05, 3.63) is 17.3 Å². The van der Waals surface area contributed by atoms with Crippen molar-refractivity contribution in [2.24, 2.45) is 0 Å². The van der Waals surface area contributed by atoms with Gasteiger partial charge in [-0.15, -0.1) is 0 Å². The molecule has 0 N–H and O–H groups in total. The first-order valence-electron chi connectivity index (χ1n) is 3.55. The van der Waals surface area contributed by atoms with E-state index in [0.29, 0.717) is 11.3 Å².